The number of H-pyrrole nitrogens is 1. The Labute approximate surface area is 133 Å². The van der Waals surface area contributed by atoms with Gasteiger partial charge in [0.15, 0.2) is 0 Å². The number of benzene rings is 1. The number of pyridine rings is 1. The highest BCUT2D eigenvalue weighted by atomic mass is 16.5. The number of nitrogen functional groups attached to an aromatic ring is 1. The average Bonchev–Trinajstić information content (AvgIpc) is 2.91. The van der Waals surface area contributed by atoms with Crippen molar-refractivity contribution in [3.63, 3.8) is 0 Å². The third-order valence-electron chi connectivity index (χ3n) is 3.67. The standard InChI is InChI=1S/C17H18N4O2/c1-23-12-6-4-11(5-7-12)8-10-20-17(22)14-15-13(21-16(14)18)3-2-9-19-15/h2-7,9,21H,8,10,18H2,1H3,(H,20,22). The van der Waals surface area contributed by atoms with Crippen LogP contribution in [0.25, 0.3) is 11.0 Å². The van der Waals surface area contributed by atoms with Crippen LogP contribution in [0.1, 0.15) is 15.9 Å². The largest absolute Gasteiger partial charge is 0.497 e. The second-order valence-electron chi connectivity index (χ2n) is 5.17. The van der Waals surface area contributed by atoms with Gasteiger partial charge in [0.1, 0.15) is 22.6 Å². The molecular formula is C17H18N4O2. The van der Waals surface area contributed by atoms with Crippen LogP contribution in [0.4, 0.5) is 5.82 Å². The Morgan fingerprint density at radius 1 is 1.30 bits per heavy atom. The van der Waals surface area contributed by atoms with Gasteiger partial charge in [0, 0.05) is 12.7 Å². The second kappa shape index (κ2) is 6.39. The smallest absolute Gasteiger partial charge is 0.257 e. The molecule has 6 heteroatoms. The summed E-state index contributed by atoms with van der Waals surface area (Å²) in [6.45, 7) is 0.518. The highest BCUT2D eigenvalue weighted by Gasteiger charge is 2.17. The van der Waals surface area contributed by atoms with E-state index in [9.17, 15) is 4.79 Å². The number of carbonyl (C=O) groups excluding carboxylic acids is 1. The number of methoxy groups -OCH3 is 1. The minimum absolute atomic E-state index is 0.221. The number of carbonyl (C=O) groups is 1. The van der Waals surface area contributed by atoms with Crippen molar-refractivity contribution in [3.8, 4) is 5.75 Å². The summed E-state index contributed by atoms with van der Waals surface area (Å²) < 4.78 is 5.12. The molecule has 1 aromatic carbocycles. The Kier molecular flexibility index (Phi) is 4.14. The number of hydrogen-bond acceptors (Lipinski definition) is 4. The summed E-state index contributed by atoms with van der Waals surface area (Å²) in [5, 5.41) is 2.88. The van der Waals surface area contributed by atoms with Crippen molar-refractivity contribution in [1.82, 2.24) is 15.3 Å². The monoisotopic (exact) mass is 310 g/mol. The molecule has 0 unspecified atom stereocenters. The van der Waals surface area contributed by atoms with Crippen LogP contribution in [-0.2, 0) is 6.42 Å². The molecule has 118 valence electrons. The van der Waals surface area contributed by atoms with Gasteiger partial charge in [-0.15, -0.1) is 0 Å². The van der Waals surface area contributed by atoms with Crippen molar-refractivity contribution in [3.05, 3.63) is 53.7 Å². The van der Waals surface area contributed by atoms with Crippen molar-refractivity contribution in [2.24, 2.45) is 0 Å². The van der Waals surface area contributed by atoms with Crippen LogP contribution in [0.3, 0.4) is 0 Å². The van der Waals surface area contributed by atoms with Gasteiger partial charge in [0.05, 0.1) is 12.6 Å². The number of nitrogens with zero attached hydrogens (tertiary/aromatic N) is 1. The summed E-state index contributed by atoms with van der Waals surface area (Å²) in [6.07, 6.45) is 2.37. The fourth-order valence-corrected chi connectivity index (χ4v) is 2.47. The van der Waals surface area contributed by atoms with Crippen LogP contribution >= 0.6 is 0 Å². The van der Waals surface area contributed by atoms with Crippen LogP contribution in [0.2, 0.25) is 0 Å². The van der Waals surface area contributed by atoms with E-state index in [1.54, 1.807) is 19.4 Å². The fourth-order valence-electron chi connectivity index (χ4n) is 2.47. The minimum Gasteiger partial charge on any atom is -0.497 e. The molecule has 0 bridgehead atoms. The molecule has 23 heavy (non-hydrogen) atoms. The number of nitrogens with one attached hydrogen (secondary N) is 2. The SMILES string of the molecule is COc1ccc(CCNC(=O)c2c(N)[nH]c3cccnc23)cc1. The van der Waals surface area contributed by atoms with E-state index in [0.717, 1.165) is 23.3 Å². The molecule has 0 fully saturated rings. The number of hydrogen-bond donors (Lipinski definition) is 3. The number of anilines is 1. The summed E-state index contributed by atoms with van der Waals surface area (Å²) in [6, 6.07) is 11.4. The number of fused-ring (bicyclic) bond motifs is 1. The Balaban J connectivity index is 1.65. The molecule has 0 atom stereocenters. The van der Waals surface area contributed by atoms with Gasteiger partial charge in [0.25, 0.3) is 5.91 Å². The van der Waals surface area contributed by atoms with E-state index in [0.29, 0.717) is 23.4 Å². The van der Waals surface area contributed by atoms with E-state index in [1.165, 1.54) is 0 Å². The van der Waals surface area contributed by atoms with E-state index in [1.807, 2.05) is 30.3 Å². The molecule has 1 amide bonds. The van der Waals surface area contributed by atoms with Gasteiger partial charge in [-0.2, -0.15) is 0 Å². The normalized spacial score (nSPS) is 10.7. The molecule has 0 aliphatic rings. The summed E-state index contributed by atoms with van der Waals surface area (Å²) in [5.74, 6) is 0.928. The predicted octanol–water partition coefficient (Wildman–Crippen LogP) is 2.13. The molecule has 0 aliphatic carbocycles. The Hall–Kier alpha value is -3.02. The van der Waals surface area contributed by atoms with Gasteiger partial charge < -0.3 is 20.8 Å². The topological polar surface area (TPSA) is 93.0 Å². The molecule has 4 N–H and O–H groups in total. The zero-order valence-electron chi connectivity index (χ0n) is 12.8. The molecule has 0 saturated heterocycles. The number of ether oxygens (including phenoxy) is 1. The van der Waals surface area contributed by atoms with Gasteiger partial charge in [-0.1, -0.05) is 12.1 Å². The van der Waals surface area contributed by atoms with Crippen LogP contribution in [0.15, 0.2) is 42.6 Å². The van der Waals surface area contributed by atoms with Crippen LogP contribution in [0, 0.1) is 0 Å². The van der Waals surface area contributed by atoms with E-state index < -0.39 is 0 Å². The Morgan fingerprint density at radius 3 is 2.83 bits per heavy atom. The summed E-state index contributed by atoms with van der Waals surface area (Å²) in [7, 11) is 1.63. The van der Waals surface area contributed by atoms with Gasteiger partial charge in [-0.05, 0) is 36.2 Å². The van der Waals surface area contributed by atoms with Gasteiger partial charge in [-0.25, -0.2) is 0 Å². The molecule has 6 nitrogen and oxygen atoms in total. The molecular weight excluding hydrogens is 292 g/mol. The summed E-state index contributed by atoms with van der Waals surface area (Å²) >= 11 is 0. The average molecular weight is 310 g/mol. The molecule has 0 aliphatic heterocycles. The van der Waals surface area contributed by atoms with Crippen LogP contribution < -0.4 is 15.8 Å². The molecule has 2 heterocycles. The van der Waals surface area contributed by atoms with E-state index in [4.69, 9.17) is 10.5 Å². The lowest BCUT2D eigenvalue weighted by atomic mass is 10.1. The van der Waals surface area contributed by atoms with Gasteiger partial charge in [-0.3, -0.25) is 9.78 Å². The van der Waals surface area contributed by atoms with Crippen molar-refractivity contribution in [2.45, 2.75) is 6.42 Å². The second-order valence-corrected chi connectivity index (χ2v) is 5.17. The number of aromatic nitrogens is 2. The third kappa shape index (κ3) is 3.11. The lowest BCUT2D eigenvalue weighted by Crippen LogP contribution is -2.26. The third-order valence-corrected chi connectivity index (χ3v) is 3.67. The lowest BCUT2D eigenvalue weighted by Gasteiger charge is -2.06. The van der Waals surface area contributed by atoms with Crippen molar-refractivity contribution in [2.75, 3.05) is 19.4 Å². The number of nitrogens with two attached hydrogens (primary N) is 1. The summed E-state index contributed by atoms with van der Waals surface area (Å²) in [5.41, 5.74) is 8.76. The lowest BCUT2D eigenvalue weighted by molar-refractivity contribution is 0.0956. The molecule has 0 radical (unpaired) electrons. The fraction of sp³-hybridized carbons (Fsp3) is 0.176. The number of amides is 1. The Bertz CT molecular complexity index is 824. The zero-order valence-corrected chi connectivity index (χ0v) is 12.8. The maximum atomic E-state index is 12.4. The minimum atomic E-state index is -0.221. The quantitative estimate of drug-likeness (QED) is 0.673. The van der Waals surface area contributed by atoms with Crippen molar-refractivity contribution >= 4 is 22.8 Å². The molecule has 3 aromatic rings. The molecule has 2 aromatic heterocycles. The van der Waals surface area contributed by atoms with Crippen molar-refractivity contribution < 1.29 is 9.53 Å². The zero-order chi connectivity index (χ0) is 16.2. The predicted molar refractivity (Wildman–Crippen MR) is 89.5 cm³/mol. The molecule has 0 spiro atoms. The maximum Gasteiger partial charge on any atom is 0.257 e. The first-order chi connectivity index (χ1) is 11.2. The number of rotatable bonds is 5. The van der Waals surface area contributed by atoms with Crippen LogP contribution in [0.5, 0.6) is 5.75 Å². The van der Waals surface area contributed by atoms with Crippen molar-refractivity contribution in [1.29, 1.82) is 0 Å². The first-order valence-corrected chi connectivity index (χ1v) is 7.32. The maximum absolute atomic E-state index is 12.4. The van der Waals surface area contributed by atoms with Crippen LogP contribution in [-0.4, -0.2) is 29.5 Å². The van der Waals surface area contributed by atoms with Gasteiger partial charge in [0.2, 0.25) is 0 Å². The van der Waals surface area contributed by atoms with Gasteiger partial charge >= 0.3 is 0 Å². The highest BCUT2D eigenvalue weighted by Crippen LogP contribution is 2.21. The first-order valence-electron chi connectivity index (χ1n) is 7.32. The van der Waals surface area contributed by atoms with E-state index in [-0.39, 0.29) is 5.91 Å². The highest BCUT2D eigenvalue weighted by molar-refractivity contribution is 6.09. The summed E-state index contributed by atoms with van der Waals surface area (Å²) in [4.78, 5) is 19.6. The van der Waals surface area contributed by atoms with E-state index in [2.05, 4.69) is 15.3 Å². The Morgan fingerprint density at radius 2 is 2.09 bits per heavy atom. The van der Waals surface area contributed by atoms with E-state index >= 15 is 0 Å². The molecule has 0 saturated carbocycles. The number of aromatic amines is 1. The first kappa shape index (κ1) is 14.9. The molecule has 3 rings (SSSR count).